The topological polar surface area (TPSA) is 25.2 Å². The van der Waals surface area contributed by atoms with Gasteiger partial charge in [0, 0.05) is 26.3 Å². The zero-order valence-electron chi connectivity index (χ0n) is 11.0. The number of nitrogens with zero attached hydrogens (tertiary/aromatic N) is 2. The van der Waals surface area contributed by atoms with Crippen LogP contribution in [0.3, 0.4) is 0 Å². The minimum Gasteiger partial charge on any atom is -0.347 e. The molecular formula is C14H22N2O. The highest BCUT2D eigenvalue weighted by molar-refractivity contribution is 5.92. The van der Waals surface area contributed by atoms with E-state index >= 15 is 0 Å². The first-order valence-corrected chi connectivity index (χ1v) is 6.49. The predicted molar refractivity (Wildman–Crippen MR) is 68.9 cm³/mol. The fourth-order valence-corrected chi connectivity index (χ4v) is 2.89. The van der Waals surface area contributed by atoms with Gasteiger partial charge in [-0.1, -0.05) is 19.8 Å². The second-order valence-electron chi connectivity index (χ2n) is 5.25. The van der Waals surface area contributed by atoms with Crippen LogP contribution in [0.4, 0.5) is 0 Å². The highest BCUT2D eigenvalue weighted by Crippen LogP contribution is 2.28. The van der Waals surface area contributed by atoms with Gasteiger partial charge in [0.25, 0.3) is 5.91 Å². The van der Waals surface area contributed by atoms with Crippen LogP contribution in [0.2, 0.25) is 0 Å². The van der Waals surface area contributed by atoms with Gasteiger partial charge in [0.15, 0.2) is 0 Å². The number of amides is 1. The Balaban J connectivity index is 2.11. The minimum atomic E-state index is 0.149. The summed E-state index contributed by atoms with van der Waals surface area (Å²) in [6.07, 6.45) is 6.87. The first kappa shape index (κ1) is 12.2. The van der Waals surface area contributed by atoms with Crippen molar-refractivity contribution in [1.29, 1.82) is 0 Å². The molecule has 0 N–H and O–H groups in total. The Morgan fingerprint density at radius 1 is 1.41 bits per heavy atom. The van der Waals surface area contributed by atoms with Gasteiger partial charge in [-0.15, -0.1) is 0 Å². The van der Waals surface area contributed by atoms with Crippen LogP contribution in [0.15, 0.2) is 18.3 Å². The lowest BCUT2D eigenvalue weighted by molar-refractivity contribution is 0.0619. The Morgan fingerprint density at radius 3 is 2.71 bits per heavy atom. The molecule has 1 saturated carbocycles. The molecule has 0 radical (unpaired) electrons. The fourth-order valence-electron chi connectivity index (χ4n) is 2.89. The summed E-state index contributed by atoms with van der Waals surface area (Å²) >= 11 is 0. The van der Waals surface area contributed by atoms with Gasteiger partial charge in [-0.2, -0.15) is 0 Å². The van der Waals surface area contributed by atoms with E-state index in [1.54, 1.807) is 0 Å². The molecule has 0 aromatic carbocycles. The van der Waals surface area contributed by atoms with Crippen LogP contribution >= 0.6 is 0 Å². The van der Waals surface area contributed by atoms with Crippen molar-refractivity contribution in [3.8, 4) is 0 Å². The average Bonchev–Trinajstić information content (AvgIpc) is 2.74. The predicted octanol–water partition coefficient (Wildman–Crippen LogP) is 2.68. The van der Waals surface area contributed by atoms with Crippen molar-refractivity contribution in [3.05, 3.63) is 24.0 Å². The zero-order valence-corrected chi connectivity index (χ0v) is 11.0. The minimum absolute atomic E-state index is 0.149. The van der Waals surface area contributed by atoms with Gasteiger partial charge in [-0.3, -0.25) is 4.79 Å². The molecule has 1 amide bonds. The van der Waals surface area contributed by atoms with Crippen molar-refractivity contribution < 1.29 is 4.79 Å². The van der Waals surface area contributed by atoms with Crippen LogP contribution in [0.25, 0.3) is 0 Å². The molecule has 0 aliphatic heterocycles. The van der Waals surface area contributed by atoms with Crippen LogP contribution in [0.5, 0.6) is 0 Å². The summed E-state index contributed by atoms with van der Waals surface area (Å²) in [5.41, 5.74) is 0.783. The van der Waals surface area contributed by atoms with Gasteiger partial charge in [0.05, 0.1) is 0 Å². The largest absolute Gasteiger partial charge is 0.347 e. The Morgan fingerprint density at radius 2 is 2.12 bits per heavy atom. The lowest BCUT2D eigenvalue weighted by atomic mass is 9.85. The normalized spacial score (nSPS) is 24.6. The lowest BCUT2D eigenvalue weighted by Gasteiger charge is -2.36. The molecular weight excluding hydrogens is 212 g/mol. The van der Waals surface area contributed by atoms with Gasteiger partial charge in [-0.05, 0) is 30.9 Å². The van der Waals surface area contributed by atoms with Crippen LogP contribution in [-0.2, 0) is 7.05 Å². The molecule has 1 aromatic heterocycles. The monoisotopic (exact) mass is 234 g/mol. The Kier molecular flexibility index (Phi) is 3.55. The van der Waals surface area contributed by atoms with Gasteiger partial charge < -0.3 is 9.47 Å². The molecule has 17 heavy (non-hydrogen) atoms. The fraction of sp³-hybridized carbons (Fsp3) is 0.643. The molecule has 2 rings (SSSR count). The Labute approximate surface area is 103 Å². The average molecular weight is 234 g/mol. The summed E-state index contributed by atoms with van der Waals surface area (Å²) in [5, 5.41) is 0. The summed E-state index contributed by atoms with van der Waals surface area (Å²) in [7, 11) is 3.87. The number of carbonyl (C=O) groups excluding carboxylic acids is 1. The van der Waals surface area contributed by atoms with Crippen molar-refractivity contribution in [2.24, 2.45) is 13.0 Å². The summed E-state index contributed by atoms with van der Waals surface area (Å²) in [6.45, 7) is 2.26. The summed E-state index contributed by atoms with van der Waals surface area (Å²) in [4.78, 5) is 14.3. The first-order valence-electron chi connectivity index (χ1n) is 6.49. The smallest absolute Gasteiger partial charge is 0.270 e. The Bertz CT molecular complexity index is 397. The SMILES string of the molecule is CC1CCCCC1N(C)C(=O)c1cccn1C. The lowest BCUT2D eigenvalue weighted by Crippen LogP contribution is -2.43. The van der Waals surface area contributed by atoms with Gasteiger partial charge in [-0.25, -0.2) is 0 Å². The van der Waals surface area contributed by atoms with Gasteiger partial charge >= 0.3 is 0 Å². The second-order valence-corrected chi connectivity index (χ2v) is 5.25. The van der Waals surface area contributed by atoms with E-state index < -0.39 is 0 Å². The number of aromatic nitrogens is 1. The zero-order chi connectivity index (χ0) is 12.4. The highest BCUT2D eigenvalue weighted by Gasteiger charge is 2.28. The maximum atomic E-state index is 12.4. The van der Waals surface area contributed by atoms with E-state index in [4.69, 9.17) is 0 Å². The molecule has 1 fully saturated rings. The van der Waals surface area contributed by atoms with Crippen LogP contribution in [-0.4, -0.2) is 28.5 Å². The number of carbonyl (C=O) groups is 1. The Hall–Kier alpha value is -1.25. The van der Waals surface area contributed by atoms with E-state index in [1.165, 1.54) is 19.3 Å². The van der Waals surface area contributed by atoms with Gasteiger partial charge in [0.2, 0.25) is 0 Å². The molecule has 2 unspecified atom stereocenters. The van der Waals surface area contributed by atoms with E-state index in [-0.39, 0.29) is 5.91 Å². The van der Waals surface area contributed by atoms with Crippen LogP contribution in [0.1, 0.15) is 43.1 Å². The van der Waals surface area contributed by atoms with Gasteiger partial charge in [0.1, 0.15) is 5.69 Å². The maximum absolute atomic E-state index is 12.4. The van der Waals surface area contributed by atoms with Crippen LogP contribution in [0, 0.1) is 5.92 Å². The third-order valence-corrected chi connectivity index (χ3v) is 4.05. The van der Waals surface area contributed by atoms with E-state index in [1.807, 2.05) is 41.9 Å². The molecule has 2 atom stereocenters. The standard InChI is InChI=1S/C14H22N2O/c1-11-7-4-5-8-12(11)16(3)14(17)13-9-6-10-15(13)2/h6,9-12H,4-5,7-8H2,1-3H3. The van der Waals surface area contributed by atoms with Crippen molar-refractivity contribution >= 4 is 5.91 Å². The third-order valence-electron chi connectivity index (χ3n) is 4.05. The van der Waals surface area contributed by atoms with Crippen LogP contribution < -0.4 is 0 Å². The van der Waals surface area contributed by atoms with E-state index in [9.17, 15) is 4.79 Å². The highest BCUT2D eigenvalue weighted by atomic mass is 16.2. The summed E-state index contributed by atoms with van der Waals surface area (Å²) < 4.78 is 1.90. The molecule has 1 aromatic rings. The number of rotatable bonds is 2. The molecule has 1 heterocycles. The summed E-state index contributed by atoms with van der Waals surface area (Å²) in [5.74, 6) is 0.772. The molecule has 0 spiro atoms. The summed E-state index contributed by atoms with van der Waals surface area (Å²) in [6, 6.07) is 4.23. The van der Waals surface area contributed by atoms with Crippen molar-refractivity contribution in [2.75, 3.05) is 7.05 Å². The third kappa shape index (κ3) is 2.38. The molecule has 0 bridgehead atoms. The molecule has 94 valence electrons. The second kappa shape index (κ2) is 4.94. The molecule has 1 aliphatic carbocycles. The maximum Gasteiger partial charge on any atom is 0.270 e. The van der Waals surface area contributed by atoms with Crippen molar-refractivity contribution in [3.63, 3.8) is 0 Å². The number of aryl methyl sites for hydroxylation is 1. The van der Waals surface area contributed by atoms with E-state index in [0.717, 1.165) is 12.1 Å². The quantitative estimate of drug-likeness (QED) is 0.772. The number of hydrogen-bond donors (Lipinski definition) is 0. The van der Waals surface area contributed by atoms with Crippen molar-refractivity contribution in [1.82, 2.24) is 9.47 Å². The molecule has 3 heteroatoms. The van der Waals surface area contributed by atoms with E-state index in [2.05, 4.69) is 6.92 Å². The van der Waals surface area contributed by atoms with Crippen molar-refractivity contribution in [2.45, 2.75) is 38.6 Å². The molecule has 3 nitrogen and oxygen atoms in total. The van der Waals surface area contributed by atoms with E-state index in [0.29, 0.717) is 12.0 Å². The number of hydrogen-bond acceptors (Lipinski definition) is 1. The molecule has 1 aliphatic rings. The molecule has 0 saturated heterocycles. The first-order chi connectivity index (χ1) is 8.11.